The molecule has 0 unspecified atom stereocenters. The molecule has 0 saturated carbocycles. The number of hydrogen-bond acceptors (Lipinski definition) is 4. The van der Waals surface area contributed by atoms with Crippen molar-refractivity contribution < 1.29 is 13.9 Å². The molecule has 32 heavy (non-hydrogen) atoms. The number of carbonyl (C=O) groups excluding carboxylic acids is 1. The molecule has 3 aromatic rings. The number of piperidine rings is 1. The lowest BCUT2D eigenvalue weighted by Crippen LogP contribution is -2.50. The molecule has 1 amide bonds. The van der Waals surface area contributed by atoms with Crippen molar-refractivity contribution in [2.75, 3.05) is 24.5 Å². The fourth-order valence-electron chi connectivity index (χ4n) is 4.71. The first kappa shape index (κ1) is 21.0. The first-order valence-corrected chi connectivity index (χ1v) is 12.1. The van der Waals surface area contributed by atoms with E-state index < -0.39 is 0 Å². The van der Waals surface area contributed by atoms with Crippen molar-refractivity contribution in [3.63, 3.8) is 0 Å². The molecule has 166 valence electrons. The number of fused-ring (bicyclic) bond motifs is 1. The van der Waals surface area contributed by atoms with Crippen molar-refractivity contribution >= 4 is 22.9 Å². The fraction of sp³-hybridized carbons (Fsp3) is 0.346. The molecule has 1 saturated heterocycles. The average molecular weight is 451 g/mol. The summed E-state index contributed by atoms with van der Waals surface area (Å²) in [6, 6.07) is 18.8. The summed E-state index contributed by atoms with van der Waals surface area (Å²) in [5.41, 5.74) is 1.75. The third kappa shape index (κ3) is 4.51. The zero-order valence-electron chi connectivity index (χ0n) is 18.0. The number of benzene rings is 2. The van der Waals surface area contributed by atoms with Crippen LogP contribution in [0.2, 0.25) is 0 Å². The van der Waals surface area contributed by atoms with Crippen LogP contribution in [0.3, 0.4) is 0 Å². The molecule has 1 aromatic heterocycles. The van der Waals surface area contributed by atoms with Crippen molar-refractivity contribution in [3.05, 3.63) is 82.3 Å². The summed E-state index contributed by atoms with van der Waals surface area (Å²) in [6.07, 6.45) is 2.89. The Bertz CT molecular complexity index is 1060. The predicted octanol–water partition coefficient (Wildman–Crippen LogP) is 5.28. The lowest BCUT2D eigenvalue weighted by molar-refractivity contribution is -0.134. The number of anilines is 1. The first-order chi connectivity index (χ1) is 15.6. The second kappa shape index (κ2) is 8.94. The van der Waals surface area contributed by atoms with E-state index in [2.05, 4.69) is 40.6 Å². The maximum absolute atomic E-state index is 13.1. The highest BCUT2D eigenvalue weighted by Gasteiger charge is 2.40. The van der Waals surface area contributed by atoms with Crippen LogP contribution in [0.25, 0.3) is 0 Å². The van der Waals surface area contributed by atoms with Gasteiger partial charge in [-0.15, -0.1) is 11.3 Å². The minimum Gasteiger partial charge on any atom is -0.485 e. The molecule has 0 radical (unpaired) electrons. The van der Waals surface area contributed by atoms with Gasteiger partial charge in [-0.05, 0) is 41.3 Å². The Morgan fingerprint density at radius 3 is 2.47 bits per heavy atom. The van der Waals surface area contributed by atoms with E-state index in [0.29, 0.717) is 19.5 Å². The lowest BCUT2D eigenvalue weighted by atomic mass is 9.87. The van der Waals surface area contributed by atoms with Crippen molar-refractivity contribution in [1.29, 1.82) is 0 Å². The predicted molar refractivity (Wildman–Crippen MR) is 126 cm³/mol. The molecule has 0 aliphatic carbocycles. The Morgan fingerprint density at radius 1 is 0.969 bits per heavy atom. The molecule has 2 aromatic carbocycles. The summed E-state index contributed by atoms with van der Waals surface area (Å²) in [7, 11) is 0. The number of carbonyl (C=O) groups is 1. The Morgan fingerprint density at radius 2 is 1.72 bits per heavy atom. The van der Waals surface area contributed by atoms with Gasteiger partial charge in [-0.25, -0.2) is 4.39 Å². The molecule has 5 rings (SSSR count). The van der Waals surface area contributed by atoms with E-state index in [-0.39, 0.29) is 17.3 Å². The summed E-state index contributed by atoms with van der Waals surface area (Å²) < 4.78 is 19.8. The van der Waals surface area contributed by atoms with Gasteiger partial charge in [0.15, 0.2) is 0 Å². The summed E-state index contributed by atoms with van der Waals surface area (Å²) in [6.45, 7) is 3.19. The van der Waals surface area contributed by atoms with E-state index in [1.54, 1.807) is 23.5 Å². The smallest absolute Gasteiger partial charge is 0.226 e. The van der Waals surface area contributed by atoms with Crippen molar-refractivity contribution in [1.82, 2.24) is 4.90 Å². The SMILES string of the molecule is O=C(Cc1ccc(F)cc1)N1CCC2(CC1)CCN(Cc1cccs1)c1ccccc1O2. The molecular formula is C26H27FN2O2S. The number of hydrogen-bond donors (Lipinski definition) is 0. The molecule has 1 fully saturated rings. The molecule has 3 heterocycles. The van der Waals surface area contributed by atoms with Crippen LogP contribution in [-0.2, 0) is 17.8 Å². The highest BCUT2D eigenvalue weighted by atomic mass is 32.1. The largest absolute Gasteiger partial charge is 0.485 e. The van der Waals surface area contributed by atoms with Crippen LogP contribution in [0.1, 0.15) is 29.7 Å². The Labute approximate surface area is 192 Å². The van der Waals surface area contributed by atoms with E-state index in [1.807, 2.05) is 11.0 Å². The number of ether oxygens (including phenoxy) is 1. The normalized spacial score (nSPS) is 17.5. The van der Waals surface area contributed by atoms with Crippen LogP contribution in [0.15, 0.2) is 66.0 Å². The third-order valence-corrected chi connectivity index (χ3v) is 7.45. The molecule has 2 aliphatic rings. The van der Waals surface area contributed by atoms with Crippen LogP contribution in [-0.4, -0.2) is 36.0 Å². The highest BCUT2D eigenvalue weighted by molar-refractivity contribution is 7.09. The monoisotopic (exact) mass is 450 g/mol. The van der Waals surface area contributed by atoms with Crippen molar-refractivity contribution in [3.8, 4) is 5.75 Å². The van der Waals surface area contributed by atoms with Crippen molar-refractivity contribution in [2.24, 2.45) is 0 Å². The van der Waals surface area contributed by atoms with Gasteiger partial charge in [0.1, 0.15) is 17.2 Å². The Balaban J connectivity index is 1.26. The molecule has 4 nitrogen and oxygen atoms in total. The molecule has 0 atom stereocenters. The van der Waals surface area contributed by atoms with E-state index in [4.69, 9.17) is 4.74 Å². The van der Waals surface area contributed by atoms with Crippen molar-refractivity contribution in [2.45, 2.75) is 37.8 Å². The van der Waals surface area contributed by atoms with E-state index >= 15 is 0 Å². The highest BCUT2D eigenvalue weighted by Crippen LogP contribution is 2.41. The zero-order chi connectivity index (χ0) is 22.0. The summed E-state index contributed by atoms with van der Waals surface area (Å²) >= 11 is 1.78. The summed E-state index contributed by atoms with van der Waals surface area (Å²) in [4.78, 5) is 18.5. The second-order valence-electron chi connectivity index (χ2n) is 8.69. The maximum atomic E-state index is 13.1. The minimum atomic E-state index is -0.278. The number of nitrogens with zero attached hydrogens (tertiary/aromatic N) is 2. The van der Waals surface area contributed by atoms with E-state index in [1.165, 1.54) is 17.0 Å². The van der Waals surface area contributed by atoms with Crippen LogP contribution >= 0.6 is 11.3 Å². The minimum absolute atomic E-state index is 0.0970. The number of halogens is 1. The topological polar surface area (TPSA) is 32.8 Å². The van der Waals surface area contributed by atoms with Gasteiger partial charge < -0.3 is 14.5 Å². The van der Waals surface area contributed by atoms with E-state index in [9.17, 15) is 9.18 Å². The van der Waals surface area contributed by atoms with Gasteiger partial charge >= 0.3 is 0 Å². The molecule has 6 heteroatoms. The standard InChI is InChI=1S/C26H27FN2O2S/c27-21-9-7-20(8-10-21)18-25(30)28-14-11-26(12-15-28)13-16-29(19-22-4-3-17-32-22)23-5-1-2-6-24(23)31-26/h1-10,17H,11-16,18-19H2. The lowest BCUT2D eigenvalue weighted by Gasteiger charge is -2.41. The van der Waals surface area contributed by atoms with Crippen LogP contribution < -0.4 is 9.64 Å². The zero-order valence-corrected chi connectivity index (χ0v) is 18.8. The first-order valence-electron chi connectivity index (χ1n) is 11.2. The maximum Gasteiger partial charge on any atom is 0.226 e. The van der Waals surface area contributed by atoms with Crippen LogP contribution in [0.5, 0.6) is 5.75 Å². The molecule has 0 bridgehead atoms. The van der Waals surface area contributed by atoms with E-state index in [0.717, 1.165) is 49.4 Å². The number of thiophene rings is 1. The molecule has 2 aliphatic heterocycles. The number of amides is 1. The van der Waals surface area contributed by atoms with Gasteiger partial charge in [0.2, 0.25) is 5.91 Å². The van der Waals surface area contributed by atoms with Gasteiger partial charge in [-0.1, -0.05) is 30.3 Å². The Kier molecular flexibility index (Phi) is 5.87. The van der Waals surface area contributed by atoms with Gasteiger partial charge in [-0.3, -0.25) is 4.79 Å². The molecule has 1 spiro atoms. The van der Waals surface area contributed by atoms with Crippen LogP contribution in [0.4, 0.5) is 10.1 Å². The quantitative estimate of drug-likeness (QED) is 0.542. The molecule has 0 N–H and O–H groups in total. The second-order valence-corrected chi connectivity index (χ2v) is 9.72. The van der Waals surface area contributed by atoms with Gasteiger partial charge in [0, 0.05) is 43.8 Å². The molecular weight excluding hydrogens is 423 g/mol. The van der Waals surface area contributed by atoms with Gasteiger partial charge in [-0.2, -0.15) is 0 Å². The number of rotatable bonds is 4. The summed E-state index contributed by atoms with van der Waals surface area (Å²) in [5, 5.41) is 2.12. The Hall–Kier alpha value is -2.86. The van der Waals surface area contributed by atoms with Crippen LogP contribution in [0, 0.1) is 5.82 Å². The fourth-order valence-corrected chi connectivity index (χ4v) is 5.43. The van der Waals surface area contributed by atoms with Gasteiger partial charge in [0.25, 0.3) is 0 Å². The third-order valence-electron chi connectivity index (χ3n) is 6.59. The number of para-hydroxylation sites is 2. The average Bonchev–Trinajstić information content (AvgIpc) is 3.27. The number of likely N-dealkylation sites (tertiary alicyclic amines) is 1. The summed E-state index contributed by atoms with van der Waals surface area (Å²) in [5.74, 6) is 0.757. The van der Waals surface area contributed by atoms with Gasteiger partial charge in [0.05, 0.1) is 18.7 Å².